The van der Waals surface area contributed by atoms with Crippen molar-refractivity contribution in [3.63, 3.8) is 0 Å². The summed E-state index contributed by atoms with van der Waals surface area (Å²) in [5, 5.41) is 11.2. The number of benzene rings is 1. The first kappa shape index (κ1) is 17.2. The number of amides is 1. The van der Waals surface area contributed by atoms with Crippen LogP contribution in [0, 0.1) is 0 Å². The lowest BCUT2D eigenvalue weighted by atomic mass is 10.1. The Morgan fingerprint density at radius 3 is 2.72 bits per heavy atom. The SMILES string of the molecule is O=C(Nc1cccc(-c2nncn2C2CC2)c1)c1cc(-c2cccnc2)ccn1. The lowest BCUT2D eigenvalue weighted by molar-refractivity contribution is 0.102. The second kappa shape index (κ2) is 7.27. The molecule has 1 aromatic carbocycles. The highest BCUT2D eigenvalue weighted by Gasteiger charge is 2.26. The van der Waals surface area contributed by atoms with Crippen LogP contribution in [0.15, 0.2) is 73.4 Å². The molecule has 0 atom stereocenters. The maximum absolute atomic E-state index is 12.8. The number of carbonyl (C=O) groups is 1. The minimum Gasteiger partial charge on any atom is -0.321 e. The standard InChI is InChI=1S/C22H18N6O/c29-22(20-12-15(8-10-24-20)17-4-2-9-23-13-17)26-18-5-1-3-16(11-18)21-27-25-14-28(21)19-6-7-19/h1-5,8-14,19H,6-7H2,(H,26,29). The van der Waals surface area contributed by atoms with Crippen LogP contribution in [0.1, 0.15) is 29.4 Å². The van der Waals surface area contributed by atoms with E-state index in [-0.39, 0.29) is 5.91 Å². The molecule has 3 heterocycles. The van der Waals surface area contributed by atoms with Gasteiger partial charge in [-0.2, -0.15) is 0 Å². The van der Waals surface area contributed by atoms with Gasteiger partial charge in [0.05, 0.1) is 0 Å². The zero-order chi connectivity index (χ0) is 19.6. The molecule has 0 spiro atoms. The summed E-state index contributed by atoms with van der Waals surface area (Å²) in [5.41, 5.74) is 3.78. The summed E-state index contributed by atoms with van der Waals surface area (Å²) in [4.78, 5) is 21.1. The van der Waals surface area contributed by atoms with Crippen molar-refractivity contribution in [2.45, 2.75) is 18.9 Å². The Balaban J connectivity index is 1.38. The summed E-state index contributed by atoms with van der Waals surface area (Å²) in [5.74, 6) is 0.553. The summed E-state index contributed by atoms with van der Waals surface area (Å²) in [6.45, 7) is 0. The van der Waals surface area contributed by atoms with Gasteiger partial charge in [-0.15, -0.1) is 10.2 Å². The minimum absolute atomic E-state index is 0.267. The molecule has 0 unspecified atom stereocenters. The van der Waals surface area contributed by atoms with Gasteiger partial charge in [-0.1, -0.05) is 18.2 Å². The Bertz CT molecular complexity index is 1170. The number of carbonyl (C=O) groups excluding carboxylic acids is 1. The molecule has 1 amide bonds. The Morgan fingerprint density at radius 1 is 1.00 bits per heavy atom. The van der Waals surface area contributed by atoms with Crippen LogP contribution in [-0.4, -0.2) is 30.6 Å². The highest BCUT2D eigenvalue weighted by atomic mass is 16.1. The average molecular weight is 382 g/mol. The van der Waals surface area contributed by atoms with Crippen LogP contribution >= 0.6 is 0 Å². The smallest absolute Gasteiger partial charge is 0.274 e. The van der Waals surface area contributed by atoms with Gasteiger partial charge < -0.3 is 9.88 Å². The van der Waals surface area contributed by atoms with Gasteiger partial charge in [-0.05, 0) is 48.7 Å². The quantitative estimate of drug-likeness (QED) is 0.564. The third kappa shape index (κ3) is 3.62. The molecule has 3 aromatic heterocycles. The topological polar surface area (TPSA) is 85.6 Å². The zero-order valence-corrected chi connectivity index (χ0v) is 15.6. The van der Waals surface area contributed by atoms with Crippen LogP contribution in [0.3, 0.4) is 0 Å². The zero-order valence-electron chi connectivity index (χ0n) is 15.6. The van der Waals surface area contributed by atoms with Crippen LogP contribution in [0.2, 0.25) is 0 Å². The van der Waals surface area contributed by atoms with E-state index in [0.29, 0.717) is 17.4 Å². The predicted octanol–water partition coefficient (Wildman–Crippen LogP) is 3.99. The molecule has 29 heavy (non-hydrogen) atoms. The van der Waals surface area contributed by atoms with Gasteiger partial charge in [-0.3, -0.25) is 14.8 Å². The summed E-state index contributed by atoms with van der Waals surface area (Å²) in [7, 11) is 0. The van der Waals surface area contributed by atoms with E-state index in [1.165, 1.54) is 0 Å². The van der Waals surface area contributed by atoms with Crippen molar-refractivity contribution in [1.29, 1.82) is 0 Å². The number of anilines is 1. The second-order valence-corrected chi connectivity index (χ2v) is 7.00. The Hall–Kier alpha value is -3.87. The first-order chi connectivity index (χ1) is 14.3. The predicted molar refractivity (Wildman–Crippen MR) is 109 cm³/mol. The van der Waals surface area contributed by atoms with Crippen LogP contribution < -0.4 is 5.32 Å². The average Bonchev–Trinajstić information content (AvgIpc) is 3.50. The van der Waals surface area contributed by atoms with Crippen molar-refractivity contribution in [3.8, 4) is 22.5 Å². The van der Waals surface area contributed by atoms with Crippen molar-refractivity contribution in [2.75, 3.05) is 5.32 Å². The van der Waals surface area contributed by atoms with Gasteiger partial charge in [0, 0.05) is 41.4 Å². The van der Waals surface area contributed by atoms with Crippen molar-refractivity contribution < 1.29 is 4.79 Å². The van der Waals surface area contributed by atoms with E-state index in [1.807, 2.05) is 42.5 Å². The van der Waals surface area contributed by atoms with E-state index >= 15 is 0 Å². The summed E-state index contributed by atoms with van der Waals surface area (Å²) in [6.07, 6.45) is 9.19. The normalized spacial score (nSPS) is 13.2. The van der Waals surface area contributed by atoms with Crippen molar-refractivity contribution in [3.05, 3.63) is 79.1 Å². The number of rotatable bonds is 5. The molecule has 142 valence electrons. The molecule has 1 aliphatic carbocycles. The van der Waals surface area contributed by atoms with Crippen molar-refractivity contribution in [2.24, 2.45) is 0 Å². The number of pyridine rings is 2. The monoisotopic (exact) mass is 382 g/mol. The largest absolute Gasteiger partial charge is 0.321 e. The summed E-state index contributed by atoms with van der Waals surface area (Å²) in [6, 6.07) is 15.5. The van der Waals surface area contributed by atoms with Crippen molar-refractivity contribution >= 4 is 11.6 Å². The van der Waals surface area contributed by atoms with E-state index in [0.717, 1.165) is 35.4 Å². The third-order valence-electron chi connectivity index (χ3n) is 4.88. The molecule has 1 N–H and O–H groups in total. The lowest BCUT2D eigenvalue weighted by Gasteiger charge is -2.09. The Kier molecular flexibility index (Phi) is 4.32. The van der Waals surface area contributed by atoms with Crippen LogP contribution in [0.25, 0.3) is 22.5 Å². The fourth-order valence-electron chi connectivity index (χ4n) is 3.27. The molecule has 7 heteroatoms. The second-order valence-electron chi connectivity index (χ2n) is 7.00. The molecule has 0 radical (unpaired) electrons. The molecule has 1 aliphatic rings. The molecule has 5 rings (SSSR count). The fourth-order valence-corrected chi connectivity index (χ4v) is 3.27. The fraction of sp³-hybridized carbons (Fsp3) is 0.136. The summed E-state index contributed by atoms with van der Waals surface area (Å²) >= 11 is 0. The molecule has 4 aromatic rings. The maximum atomic E-state index is 12.8. The Labute approximate surface area is 167 Å². The van der Waals surface area contributed by atoms with Gasteiger partial charge in [-0.25, -0.2) is 0 Å². The lowest BCUT2D eigenvalue weighted by Crippen LogP contribution is -2.13. The first-order valence-electron chi connectivity index (χ1n) is 9.46. The van der Waals surface area contributed by atoms with Gasteiger partial charge in [0.2, 0.25) is 0 Å². The van der Waals surface area contributed by atoms with Gasteiger partial charge in [0.1, 0.15) is 12.0 Å². The number of nitrogens with zero attached hydrogens (tertiary/aromatic N) is 5. The molecule has 7 nitrogen and oxygen atoms in total. The number of aromatic nitrogens is 5. The molecule has 1 saturated carbocycles. The number of hydrogen-bond donors (Lipinski definition) is 1. The highest BCUT2D eigenvalue weighted by molar-refractivity contribution is 6.03. The number of hydrogen-bond acceptors (Lipinski definition) is 5. The van der Waals surface area contributed by atoms with Gasteiger partial charge in [0.25, 0.3) is 5.91 Å². The Morgan fingerprint density at radius 2 is 1.90 bits per heavy atom. The summed E-state index contributed by atoms with van der Waals surface area (Å²) < 4.78 is 2.10. The molecular formula is C22H18N6O. The molecule has 0 saturated heterocycles. The van der Waals surface area contributed by atoms with E-state index in [9.17, 15) is 4.79 Å². The molecular weight excluding hydrogens is 364 g/mol. The van der Waals surface area contributed by atoms with Crippen molar-refractivity contribution in [1.82, 2.24) is 24.7 Å². The highest BCUT2D eigenvalue weighted by Crippen LogP contribution is 2.37. The van der Waals surface area contributed by atoms with Crippen LogP contribution in [-0.2, 0) is 0 Å². The minimum atomic E-state index is -0.267. The van der Waals surface area contributed by atoms with Crippen LogP contribution in [0.4, 0.5) is 5.69 Å². The van der Waals surface area contributed by atoms with E-state index in [1.54, 1.807) is 31.0 Å². The third-order valence-corrected chi connectivity index (χ3v) is 4.88. The van der Waals surface area contributed by atoms with E-state index in [2.05, 4.69) is 30.0 Å². The maximum Gasteiger partial charge on any atom is 0.274 e. The van der Waals surface area contributed by atoms with Gasteiger partial charge >= 0.3 is 0 Å². The molecule has 0 aliphatic heterocycles. The molecule has 1 fully saturated rings. The van der Waals surface area contributed by atoms with E-state index in [4.69, 9.17) is 0 Å². The van der Waals surface area contributed by atoms with E-state index < -0.39 is 0 Å². The van der Waals surface area contributed by atoms with Crippen LogP contribution in [0.5, 0.6) is 0 Å². The van der Waals surface area contributed by atoms with Gasteiger partial charge in [0.15, 0.2) is 5.82 Å². The number of nitrogens with one attached hydrogen (secondary N) is 1. The first-order valence-corrected chi connectivity index (χ1v) is 9.46. The molecule has 0 bridgehead atoms.